The molecule has 2 heteroatoms. The van der Waals surface area contributed by atoms with Crippen LogP contribution in [-0.4, -0.2) is 19.9 Å². The molecule has 2 fully saturated rings. The molecule has 2 aliphatic rings. The van der Waals surface area contributed by atoms with Gasteiger partial charge in [-0.3, -0.25) is 4.39 Å². The minimum atomic E-state index is -0.287. The molecule has 0 radical (unpaired) electrons. The maximum atomic E-state index is 12.5. The molecular weight excluding hydrogens is 419 g/mol. The molecule has 0 amide bonds. The molecule has 0 heterocycles. The van der Waals surface area contributed by atoms with Gasteiger partial charge in [0, 0.05) is 13.5 Å². The molecular formula is C32H45FO. The Morgan fingerprint density at radius 2 is 1.24 bits per heavy atom. The van der Waals surface area contributed by atoms with Crippen LogP contribution in [0.25, 0.3) is 11.1 Å². The van der Waals surface area contributed by atoms with E-state index in [4.69, 9.17) is 4.74 Å². The van der Waals surface area contributed by atoms with Crippen molar-refractivity contribution in [3.8, 4) is 11.1 Å². The van der Waals surface area contributed by atoms with Gasteiger partial charge in [0.2, 0.25) is 0 Å². The van der Waals surface area contributed by atoms with Gasteiger partial charge >= 0.3 is 0 Å². The van der Waals surface area contributed by atoms with Crippen LogP contribution in [0.15, 0.2) is 48.5 Å². The van der Waals surface area contributed by atoms with Crippen LogP contribution in [0.4, 0.5) is 4.39 Å². The first kappa shape index (κ1) is 25.4. The van der Waals surface area contributed by atoms with Crippen LogP contribution in [0.5, 0.6) is 0 Å². The van der Waals surface area contributed by atoms with Gasteiger partial charge in [-0.2, -0.15) is 0 Å². The number of rotatable bonds is 10. The summed E-state index contributed by atoms with van der Waals surface area (Å²) in [5.41, 5.74) is 5.00. The van der Waals surface area contributed by atoms with Crippen LogP contribution in [0.3, 0.4) is 0 Å². The van der Waals surface area contributed by atoms with E-state index >= 15 is 0 Å². The van der Waals surface area contributed by atoms with Gasteiger partial charge < -0.3 is 4.74 Å². The molecule has 1 unspecified atom stereocenters. The van der Waals surface area contributed by atoms with Crippen molar-refractivity contribution in [2.75, 3.05) is 13.8 Å². The average Bonchev–Trinajstić information content (AvgIpc) is 2.90. The Morgan fingerprint density at radius 3 is 1.71 bits per heavy atom. The molecule has 1 nitrogen and oxygen atoms in total. The van der Waals surface area contributed by atoms with E-state index in [1.54, 1.807) is 0 Å². The van der Waals surface area contributed by atoms with Gasteiger partial charge in [0.1, 0.15) is 0 Å². The summed E-state index contributed by atoms with van der Waals surface area (Å²) >= 11 is 0. The second kappa shape index (κ2) is 12.9. The lowest BCUT2D eigenvalue weighted by molar-refractivity contribution is 0.0187. The zero-order valence-corrected chi connectivity index (χ0v) is 21.5. The Hall–Kier alpha value is -1.67. The largest absolute Gasteiger partial charge is 0.381 e. The number of hydrogen-bond donors (Lipinski definition) is 0. The van der Waals surface area contributed by atoms with Crippen LogP contribution in [-0.2, 0) is 17.6 Å². The van der Waals surface area contributed by atoms with E-state index in [2.05, 4.69) is 43.3 Å². The summed E-state index contributed by atoms with van der Waals surface area (Å²) in [4.78, 5) is 0. The summed E-state index contributed by atoms with van der Waals surface area (Å²) < 4.78 is 18.2. The molecule has 2 saturated carbocycles. The number of ether oxygens (including phenoxy) is 1. The van der Waals surface area contributed by atoms with Crippen LogP contribution in [0, 0.1) is 23.7 Å². The first-order valence-electron chi connectivity index (χ1n) is 14.0. The molecule has 1 atom stereocenters. The second-order valence-corrected chi connectivity index (χ2v) is 11.0. The molecule has 0 saturated heterocycles. The van der Waals surface area contributed by atoms with Gasteiger partial charge in [-0.25, -0.2) is 0 Å². The minimum absolute atomic E-state index is 0.287. The van der Waals surface area contributed by atoms with Crippen molar-refractivity contribution in [2.24, 2.45) is 23.7 Å². The van der Waals surface area contributed by atoms with E-state index in [1.165, 1.54) is 80.9 Å². The highest BCUT2D eigenvalue weighted by atomic mass is 19.1. The Balaban J connectivity index is 1.18. The normalized spacial score (nSPS) is 26.3. The maximum Gasteiger partial charge on any atom is 0.0934 e. The maximum absolute atomic E-state index is 12.5. The third kappa shape index (κ3) is 6.72. The van der Waals surface area contributed by atoms with Crippen LogP contribution >= 0.6 is 0 Å². The number of methoxy groups -OCH3 is 1. The fraction of sp³-hybridized carbons (Fsp3) is 0.625. The standard InChI is InChI=1S/C32H45FO/c1-3-32(34-2)31-20-18-30(19-21-31)29-14-8-25(9-15-29)5-4-24-6-12-27(13-7-24)28-16-10-26(11-17-28)22-23-33/h6-7,10-13,16-17,25,29-32H,3-5,8-9,14-15,18-23H2,1-2H3. The highest BCUT2D eigenvalue weighted by molar-refractivity contribution is 5.64. The molecule has 34 heavy (non-hydrogen) atoms. The SMILES string of the molecule is CCC(OC)C1CCC(C2CCC(CCc3ccc(-c4ccc(CCF)cc4)cc3)CC2)CC1. The second-order valence-electron chi connectivity index (χ2n) is 11.0. The molecule has 2 aromatic rings. The van der Waals surface area contributed by atoms with Crippen molar-refractivity contribution in [1.82, 2.24) is 0 Å². The van der Waals surface area contributed by atoms with Crippen molar-refractivity contribution in [3.63, 3.8) is 0 Å². The Labute approximate surface area is 207 Å². The third-order valence-corrected chi connectivity index (χ3v) is 9.07. The van der Waals surface area contributed by atoms with Crippen LogP contribution in [0.1, 0.15) is 82.3 Å². The lowest BCUT2D eigenvalue weighted by Gasteiger charge is -2.39. The van der Waals surface area contributed by atoms with E-state index < -0.39 is 0 Å². The van der Waals surface area contributed by atoms with Crippen molar-refractivity contribution >= 4 is 0 Å². The third-order valence-electron chi connectivity index (χ3n) is 9.07. The molecule has 2 aliphatic carbocycles. The predicted molar refractivity (Wildman–Crippen MR) is 142 cm³/mol. The number of halogens is 1. The Kier molecular flexibility index (Phi) is 9.62. The highest BCUT2D eigenvalue weighted by Gasteiger charge is 2.32. The van der Waals surface area contributed by atoms with E-state index in [-0.39, 0.29) is 6.67 Å². The van der Waals surface area contributed by atoms with Gasteiger partial charge in [0.05, 0.1) is 12.8 Å². The summed E-state index contributed by atoms with van der Waals surface area (Å²) in [6.07, 6.45) is 16.1. The molecule has 0 aromatic heterocycles. The Bertz CT molecular complexity index is 822. The van der Waals surface area contributed by atoms with E-state index in [1.807, 2.05) is 19.2 Å². The van der Waals surface area contributed by atoms with Crippen molar-refractivity contribution in [1.29, 1.82) is 0 Å². The summed E-state index contributed by atoms with van der Waals surface area (Å²) in [5.74, 6) is 3.67. The molecule has 186 valence electrons. The summed E-state index contributed by atoms with van der Waals surface area (Å²) in [7, 11) is 1.89. The summed E-state index contributed by atoms with van der Waals surface area (Å²) in [6, 6.07) is 17.4. The van der Waals surface area contributed by atoms with E-state index in [0.29, 0.717) is 12.5 Å². The van der Waals surface area contributed by atoms with Crippen molar-refractivity contribution < 1.29 is 9.13 Å². The quantitative estimate of drug-likeness (QED) is 0.341. The zero-order chi connectivity index (χ0) is 23.8. The smallest absolute Gasteiger partial charge is 0.0934 e. The average molecular weight is 465 g/mol. The number of aryl methyl sites for hydroxylation is 2. The summed E-state index contributed by atoms with van der Waals surface area (Å²) in [6.45, 7) is 1.98. The van der Waals surface area contributed by atoms with E-state index in [9.17, 15) is 4.39 Å². The first-order valence-corrected chi connectivity index (χ1v) is 14.0. The molecule has 0 bridgehead atoms. The molecule has 4 rings (SSSR count). The molecule has 2 aromatic carbocycles. The number of hydrogen-bond acceptors (Lipinski definition) is 1. The van der Waals surface area contributed by atoms with Crippen molar-refractivity contribution in [3.05, 3.63) is 59.7 Å². The topological polar surface area (TPSA) is 9.23 Å². The fourth-order valence-corrected chi connectivity index (χ4v) is 6.84. The Morgan fingerprint density at radius 1 is 0.735 bits per heavy atom. The van der Waals surface area contributed by atoms with Crippen LogP contribution in [0.2, 0.25) is 0 Å². The van der Waals surface area contributed by atoms with E-state index in [0.717, 1.165) is 35.7 Å². The monoisotopic (exact) mass is 464 g/mol. The lowest BCUT2D eigenvalue weighted by Crippen LogP contribution is -2.30. The molecule has 0 N–H and O–H groups in total. The van der Waals surface area contributed by atoms with Gasteiger partial charge in [0.25, 0.3) is 0 Å². The highest BCUT2D eigenvalue weighted by Crippen LogP contribution is 2.43. The molecule has 0 spiro atoms. The van der Waals surface area contributed by atoms with Crippen LogP contribution < -0.4 is 0 Å². The minimum Gasteiger partial charge on any atom is -0.381 e. The van der Waals surface area contributed by atoms with Gasteiger partial charge in [0.15, 0.2) is 0 Å². The lowest BCUT2D eigenvalue weighted by atomic mass is 9.68. The van der Waals surface area contributed by atoms with Gasteiger partial charge in [-0.15, -0.1) is 0 Å². The van der Waals surface area contributed by atoms with Gasteiger partial charge in [-0.05, 0) is 104 Å². The zero-order valence-electron chi connectivity index (χ0n) is 21.5. The number of benzene rings is 2. The fourth-order valence-electron chi connectivity index (χ4n) is 6.84. The van der Waals surface area contributed by atoms with Crippen molar-refractivity contribution in [2.45, 2.75) is 90.1 Å². The summed E-state index contributed by atoms with van der Waals surface area (Å²) in [5, 5.41) is 0. The molecule has 0 aliphatic heterocycles. The first-order chi connectivity index (χ1) is 16.7. The number of alkyl halides is 1. The predicted octanol–water partition coefficient (Wildman–Crippen LogP) is 8.84. The van der Waals surface area contributed by atoms with Gasteiger partial charge in [-0.1, -0.05) is 68.3 Å².